The van der Waals surface area contributed by atoms with Crippen LogP contribution in [-0.4, -0.2) is 25.8 Å². The third-order valence-corrected chi connectivity index (χ3v) is 3.09. The fourth-order valence-corrected chi connectivity index (χ4v) is 1.95. The molecule has 3 aromatic rings. The molecule has 0 fully saturated rings. The van der Waals surface area contributed by atoms with Gasteiger partial charge in [-0.2, -0.15) is 0 Å². The van der Waals surface area contributed by atoms with Gasteiger partial charge in [-0.3, -0.25) is 9.78 Å². The summed E-state index contributed by atoms with van der Waals surface area (Å²) in [6.07, 6.45) is 5.74. The monoisotopic (exact) mass is 309 g/mol. The number of hydrogen-bond donors (Lipinski definition) is 1. The Labute approximate surface area is 131 Å². The van der Waals surface area contributed by atoms with Crippen LogP contribution in [0.4, 0.5) is 4.39 Å². The Morgan fingerprint density at radius 2 is 1.91 bits per heavy atom. The summed E-state index contributed by atoms with van der Waals surface area (Å²) in [7, 11) is 0. The first-order chi connectivity index (χ1) is 11.2. The van der Waals surface area contributed by atoms with Crippen molar-refractivity contribution >= 4 is 5.91 Å². The molecule has 1 amide bonds. The fourth-order valence-electron chi connectivity index (χ4n) is 1.95. The number of aromatic nitrogens is 4. The molecule has 6 nitrogen and oxygen atoms in total. The van der Waals surface area contributed by atoms with Crippen LogP contribution < -0.4 is 5.32 Å². The van der Waals surface area contributed by atoms with Crippen molar-refractivity contribution in [2.24, 2.45) is 0 Å². The first-order valence-electron chi connectivity index (χ1n) is 6.83. The second-order valence-corrected chi connectivity index (χ2v) is 4.67. The Kier molecular flexibility index (Phi) is 4.28. The van der Waals surface area contributed by atoms with E-state index in [9.17, 15) is 9.18 Å². The van der Waals surface area contributed by atoms with Gasteiger partial charge in [0.15, 0.2) is 0 Å². The molecule has 114 valence electrons. The van der Waals surface area contributed by atoms with Crippen LogP contribution >= 0.6 is 0 Å². The number of amides is 1. The molecule has 0 saturated carbocycles. The zero-order valence-corrected chi connectivity index (χ0v) is 12.0. The van der Waals surface area contributed by atoms with Gasteiger partial charge in [0.1, 0.15) is 17.8 Å². The van der Waals surface area contributed by atoms with E-state index in [0.717, 1.165) is 5.56 Å². The standard InChI is InChI=1S/C16H12FN5O/c17-12-3-1-11(2-4-12)14-7-13(21-10-22-14)8-20-16(23)15-9-18-5-6-19-15/h1-7,9-10H,8H2,(H,20,23). The van der Waals surface area contributed by atoms with Gasteiger partial charge in [-0.15, -0.1) is 0 Å². The van der Waals surface area contributed by atoms with Gasteiger partial charge in [0.05, 0.1) is 24.1 Å². The Morgan fingerprint density at radius 3 is 2.65 bits per heavy atom. The van der Waals surface area contributed by atoms with E-state index in [1.807, 2.05) is 0 Å². The molecule has 3 rings (SSSR count). The molecule has 2 heterocycles. The van der Waals surface area contributed by atoms with Crippen LogP contribution in [0.3, 0.4) is 0 Å². The largest absolute Gasteiger partial charge is 0.345 e. The number of hydrogen-bond acceptors (Lipinski definition) is 5. The van der Waals surface area contributed by atoms with Gasteiger partial charge in [0.2, 0.25) is 0 Å². The van der Waals surface area contributed by atoms with Crippen molar-refractivity contribution < 1.29 is 9.18 Å². The number of nitrogens with one attached hydrogen (secondary N) is 1. The first-order valence-corrected chi connectivity index (χ1v) is 6.83. The molecule has 0 aliphatic heterocycles. The van der Waals surface area contributed by atoms with Crippen LogP contribution in [0.15, 0.2) is 55.2 Å². The topological polar surface area (TPSA) is 80.7 Å². The van der Waals surface area contributed by atoms with Gasteiger partial charge in [-0.05, 0) is 30.3 Å². The molecule has 0 radical (unpaired) electrons. The molecule has 0 spiro atoms. The molecule has 23 heavy (non-hydrogen) atoms. The lowest BCUT2D eigenvalue weighted by molar-refractivity contribution is 0.0945. The lowest BCUT2D eigenvalue weighted by atomic mass is 10.1. The average Bonchev–Trinajstić information content (AvgIpc) is 2.61. The van der Waals surface area contributed by atoms with Crippen molar-refractivity contribution in [3.05, 3.63) is 72.5 Å². The Hall–Kier alpha value is -3.22. The van der Waals surface area contributed by atoms with Crippen LogP contribution in [0.1, 0.15) is 16.2 Å². The molecule has 1 aromatic carbocycles. The summed E-state index contributed by atoms with van der Waals surface area (Å²) in [6, 6.07) is 7.75. The Bertz CT molecular complexity index is 808. The molecular weight excluding hydrogens is 297 g/mol. The number of carbonyl (C=O) groups excluding carboxylic acids is 1. The predicted molar refractivity (Wildman–Crippen MR) is 80.6 cm³/mol. The van der Waals surface area contributed by atoms with E-state index < -0.39 is 0 Å². The summed E-state index contributed by atoms with van der Waals surface area (Å²) in [5.41, 5.74) is 2.30. The molecular formula is C16H12FN5O. The highest BCUT2D eigenvalue weighted by Gasteiger charge is 2.08. The second kappa shape index (κ2) is 6.69. The number of carbonyl (C=O) groups is 1. The lowest BCUT2D eigenvalue weighted by Crippen LogP contribution is -2.24. The summed E-state index contributed by atoms with van der Waals surface area (Å²) in [6.45, 7) is 0.228. The minimum atomic E-state index is -0.333. The van der Waals surface area contributed by atoms with Crippen molar-refractivity contribution in [2.75, 3.05) is 0 Å². The van der Waals surface area contributed by atoms with E-state index in [-0.39, 0.29) is 24.0 Å². The smallest absolute Gasteiger partial charge is 0.271 e. The lowest BCUT2D eigenvalue weighted by Gasteiger charge is -2.06. The molecule has 0 aliphatic rings. The van der Waals surface area contributed by atoms with Crippen LogP contribution in [0.5, 0.6) is 0 Å². The van der Waals surface area contributed by atoms with Crippen molar-refractivity contribution in [1.29, 1.82) is 0 Å². The maximum atomic E-state index is 13.0. The van der Waals surface area contributed by atoms with Gasteiger partial charge >= 0.3 is 0 Å². The minimum Gasteiger partial charge on any atom is -0.345 e. The minimum absolute atomic E-state index is 0.228. The Balaban J connectivity index is 1.71. The summed E-state index contributed by atoms with van der Waals surface area (Å²) in [4.78, 5) is 27.9. The molecule has 1 N–H and O–H groups in total. The van der Waals surface area contributed by atoms with Crippen LogP contribution in [0, 0.1) is 5.82 Å². The molecule has 0 unspecified atom stereocenters. The third kappa shape index (κ3) is 3.70. The highest BCUT2D eigenvalue weighted by atomic mass is 19.1. The van der Waals surface area contributed by atoms with E-state index in [1.165, 1.54) is 37.1 Å². The van der Waals surface area contributed by atoms with E-state index in [4.69, 9.17) is 0 Å². The molecule has 0 saturated heterocycles. The summed E-state index contributed by atoms with van der Waals surface area (Å²) in [5, 5.41) is 2.71. The van der Waals surface area contributed by atoms with E-state index >= 15 is 0 Å². The maximum Gasteiger partial charge on any atom is 0.271 e. The van der Waals surface area contributed by atoms with Crippen molar-refractivity contribution in [3.63, 3.8) is 0 Å². The molecule has 0 bridgehead atoms. The van der Waals surface area contributed by atoms with Crippen molar-refractivity contribution in [2.45, 2.75) is 6.54 Å². The van der Waals surface area contributed by atoms with Gasteiger partial charge in [-0.25, -0.2) is 19.3 Å². The van der Waals surface area contributed by atoms with Gasteiger partial charge in [0.25, 0.3) is 5.91 Å². The quantitative estimate of drug-likeness (QED) is 0.797. The second-order valence-electron chi connectivity index (χ2n) is 4.67. The third-order valence-electron chi connectivity index (χ3n) is 3.09. The fraction of sp³-hybridized carbons (Fsp3) is 0.0625. The van der Waals surface area contributed by atoms with Gasteiger partial charge in [0, 0.05) is 18.0 Å². The van der Waals surface area contributed by atoms with Crippen LogP contribution in [0.25, 0.3) is 11.3 Å². The van der Waals surface area contributed by atoms with E-state index in [2.05, 4.69) is 25.3 Å². The number of halogens is 1. The summed E-state index contributed by atoms with van der Waals surface area (Å²) in [5.74, 6) is -0.640. The number of rotatable bonds is 4. The molecule has 0 aliphatic carbocycles. The average molecular weight is 309 g/mol. The molecule has 7 heteroatoms. The van der Waals surface area contributed by atoms with Gasteiger partial charge < -0.3 is 5.32 Å². The van der Waals surface area contributed by atoms with E-state index in [0.29, 0.717) is 11.4 Å². The number of nitrogens with zero attached hydrogens (tertiary/aromatic N) is 4. The van der Waals surface area contributed by atoms with Crippen molar-refractivity contribution in [1.82, 2.24) is 25.3 Å². The zero-order chi connectivity index (χ0) is 16.1. The summed E-state index contributed by atoms with van der Waals surface area (Å²) >= 11 is 0. The maximum absolute atomic E-state index is 13.0. The van der Waals surface area contributed by atoms with Gasteiger partial charge in [-0.1, -0.05) is 0 Å². The summed E-state index contributed by atoms with van der Waals surface area (Å²) < 4.78 is 13.0. The zero-order valence-electron chi connectivity index (χ0n) is 12.0. The van der Waals surface area contributed by atoms with E-state index in [1.54, 1.807) is 18.2 Å². The predicted octanol–water partition coefficient (Wildman–Crippen LogP) is 2.00. The molecule has 2 aromatic heterocycles. The number of benzene rings is 1. The van der Waals surface area contributed by atoms with Crippen LogP contribution in [0.2, 0.25) is 0 Å². The van der Waals surface area contributed by atoms with Crippen molar-refractivity contribution in [3.8, 4) is 11.3 Å². The van der Waals surface area contributed by atoms with Crippen LogP contribution in [-0.2, 0) is 6.54 Å². The SMILES string of the molecule is O=C(NCc1cc(-c2ccc(F)cc2)ncn1)c1cnccn1. The highest BCUT2D eigenvalue weighted by Crippen LogP contribution is 2.17. The normalized spacial score (nSPS) is 10.3. The highest BCUT2D eigenvalue weighted by molar-refractivity contribution is 5.91. The Morgan fingerprint density at radius 1 is 1.09 bits per heavy atom. The molecule has 0 atom stereocenters. The first kappa shape index (κ1) is 14.7.